The molecule has 2 aromatic carbocycles. The standard InChI is InChI=1S/C19H20FN3O2S/c1-13-11-15(20)8-9-18(13)26(24,25)23-10-4-5-14(12-23)19-21-16-6-2-3-7-17(16)22-19/h2-3,6-9,11,14H,4-5,10,12H2,1H3,(H,21,22). The molecule has 0 amide bonds. The Morgan fingerprint density at radius 2 is 2.04 bits per heavy atom. The maximum atomic E-state index is 13.3. The Morgan fingerprint density at radius 1 is 1.23 bits per heavy atom. The van der Waals surface area contributed by atoms with Crippen LogP contribution in [0, 0.1) is 12.7 Å². The number of para-hydroxylation sites is 2. The van der Waals surface area contributed by atoms with E-state index in [-0.39, 0.29) is 10.8 Å². The first-order chi connectivity index (χ1) is 12.4. The lowest BCUT2D eigenvalue weighted by molar-refractivity contribution is 0.310. The van der Waals surface area contributed by atoms with E-state index in [0.717, 1.165) is 29.7 Å². The summed E-state index contributed by atoms with van der Waals surface area (Å²) in [5.74, 6) is 0.411. The number of imidazole rings is 1. The molecule has 2 heterocycles. The molecule has 0 bridgehead atoms. The number of aryl methyl sites for hydroxylation is 1. The summed E-state index contributed by atoms with van der Waals surface area (Å²) in [6.45, 7) is 2.46. The molecule has 1 saturated heterocycles. The number of halogens is 1. The monoisotopic (exact) mass is 373 g/mol. The van der Waals surface area contributed by atoms with Crippen LogP contribution in [0.5, 0.6) is 0 Å². The molecule has 1 unspecified atom stereocenters. The van der Waals surface area contributed by atoms with E-state index in [1.54, 1.807) is 6.92 Å². The fourth-order valence-corrected chi connectivity index (χ4v) is 5.32. The van der Waals surface area contributed by atoms with Gasteiger partial charge in [0, 0.05) is 19.0 Å². The highest BCUT2D eigenvalue weighted by atomic mass is 32.2. The molecule has 0 aliphatic carbocycles. The van der Waals surface area contributed by atoms with Crippen LogP contribution in [0.15, 0.2) is 47.4 Å². The Bertz CT molecular complexity index is 1030. The number of fused-ring (bicyclic) bond motifs is 1. The number of sulfonamides is 1. The third kappa shape index (κ3) is 3.01. The van der Waals surface area contributed by atoms with Crippen molar-refractivity contribution in [3.05, 3.63) is 59.7 Å². The van der Waals surface area contributed by atoms with Gasteiger partial charge in [0.1, 0.15) is 11.6 Å². The van der Waals surface area contributed by atoms with Crippen molar-refractivity contribution in [1.82, 2.24) is 14.3 Å². The molecule has 1 aliphatic rings. The van der Waals surface area contributed by atoms with Gasteiger partial charge in [0.2, 0.25) is 10.0 Å². The quantitative estimate of drug-likeness (QED) is 0.763. The molecule has 7 heteroatoms. The molecule has 4 rings (SSSR count). The molecule has 1 atom stereocenters. The van der Waals surface area contributed by atoms with Crippen molar-refractivity contribution in [2.45, 2.75) is 30.6 Å². The first kappa shape index (κ1) is 17.2. The van der Waals surface area contributed by atoms with Crippen molar-refractivity contribution in [1.29, 1.82) is 0 Å². The van der Waals surface area contributed by atoms with Crippen LogP contribution in [-0.4, -0.2) is 35.8 Å². The summed E-state index contributed by atoms with van der Waals surface area (Å²) >= 11 is 0. The third-order valence-corrected chi connectivity index (χ3v) is 6.96. The van der Waals surface area contributed by atoms with E-state index < -0.39 is 15.8 Å². The van der Waals surface area contributed by atoms with Crippen LogP contribution in [0.1, 0.15) is 30.1 Å². The molecule has 136 valence electrons. The fourth-order valence-electron chi connectivity index (χ4n) is 3.59. The summed E-state index contributed by atoms with van der Waals surface area (Å²) < 4.78 is 40.9. The minimum atomic E-state index is -3.66. The normalized spacial score (nSPS) is 19.1. The molecule has 1 aliphatic heterocycles. The second-order valence-corrected chi connectivity index (χ2v) is 8.66. The Kier molecular flexibility index (Phi) is 4.28. The summed E-state index contributed by atoms with van der Waals surface area (Å²) in [6, 6.07) is 11.6. The highest BCUT2D eigenvalue weighted by Crippen LogP contribution is 2.31. The Labute approximate surface area is 151 Å². The first-order valence-corrected chi connectivity index (χ1v) is 10.1. The highest BCUT2D eigenvalue weighted by molar-refractivity contribution is 7.89. The molecule has 1 fully saturated rings. The summed E-state index contributed by atoms with van der Waals surface area (Å²) in [7, 11) is -3.66. The number of hydrogen-bond donors (Lipinski definition) is 1. The summed E-state index contributed by atoms with van der Waals surface area (Å²) in [5, 5.41) is 0. The Morgan fingerprint density at radius 3 is 2.81 bits per heavy atom. The second kappa shape index (κ2) is 6.48. The van der Waals surface area contributed by atoms with Gasteiger partial charge in [-0.2, -0.15) is 4.31 Å². The molecule has 26 heavy (non-hydrogen) atoms. The number of hydrogen-bond acceptors (Lipinski definition) is 3. The van der Waals surface area contributed by atoms with E-state index in [1.165, 1.54) is 22.5 Å². The lowest BCUT2D eigenvalue weighted by Crippen LogP contribution is -2.39. The van der Waals surface area contributed by atoms with E-state index in [0.29, 0.717) is 18.7 Å². The van der Waals surface area contributed by atoms with Gasteiger partial charge in [-0.1, -0.05) is 12.1 Å². The average molecular weight is 373 g/mol. The van der Waals surface area contributed by atoms with Crippen LogP contribution in [0.4, 0.5) is 4.39 Å². The lowest BCUT2D eigenvalue weighted by atomic mass is 9.99. The van der Waals surface area contributed by atoms with Crippen LogP contribution < -0.4 is 0 Å². The summed E-state index contributed by atoms with van der Waals surface area (Å²) in [4.78, 5) is 8.11. The van der Waals surface area contributed by atoms with Crippen LogP contribution >= 0.6 is 0 Å². The van der Waals surface area contributed by atoms with Gasteiger partial charge in [0.05, 0.1) is 15.9 Å². The minimum absolute atomic E-state index is 0.0201. The molecule has 3 aromatic rings. The molecular weight excluding hydrogens is 353 g/mol. The Hall–Kier alpha value is -2.25. The topological polar surface area (TPSA) is 66.1 Å². The number of nitrogens with zero attached hydrogens (tertiary/aromatic N) is 2. The van der Waals surface area contributed by atoms with Crippen molar-refractivity contribution < 1.29 is 12.8 Å². The number of aromatic nitrogens is 2. The molecule has 1 aromatic heterocycles. The maximum absolute atomic E-state index is 13.3. The molecule has 0 radical (unpaired) electrons. The van der Waals surface area contributed by atoms with Gasteiger partial charge >= 0.3 is 0 Å². The van der Waals surface area contributed by atoms with E-state index in [1.807, 2.05) is 24.3 Å². The summed E-state index contributed by atoms with van der Waals surface area (Å²) in [5.41, 5.74) is 2.27. The summed E-state index contributed by atoms with van der Waals surface area (Å²) in [6.07, 6.45) is 1.65. The van der Waals surface area contributed by atoms with E-state index in [4.69, 9.17) is 0 Å². The fraction of sp³-hybridized carbons (Fsp3) is 0.316. The average Bonchev–Trinajstić information content (AvgIpc) is 3.06. The van der Waals surface area contributed by atoms with Gasteiger partial charge in [0.15, 0.2) is 0 Å². The molecule has 5 nitrogen and oxygen atoms in total. The first-order valence-electron chi connectivity index (χ1n) is 8.66. The SMILES string of the molecule is Cc1cc(F)ccc1S(=O)(=O)N1CCCC(c2nc3ccccc3[nH]2)C1. The van der Waals surface area contributed by atoms with Gasteiger partial charge in [-0.25, -0.2) is 17.8 Å². The van der Waals surface area contributed by atoms with Crippen molar-refractivity contribution in [3.8, 4) is 0 Å². The second-order valence-electron chi connectivity index (χ2n) is 6.75. The number of piperidine rings is 1. The zero-order chi connectivity index (χ0) is 18.3. The third-order valence-electron chi connectivity index (χ3n) is 4.93. The van der Waals surface area contributed by atoms with Crippen molar-refractivity contribution in [2.24, 2.45) is 0 Å². The predicted molar refractivity (Wildman–Crippen MR) is 98.0 cm³/mol. The Balaban J connectivity index is 1.63. The largest absolute Gasteiger partial charge is 0.342 e. The van der Waals surface area contributed by atoms with Crippen molar-refractivity contribution in [2.75, 3.05) is 13.1 Å². The van der Waals surface area contributed by atoms with E-state index in [9.17, 15) is 12.8 Å². The van der Waals surface area contributed by atoms with Crippen molar-refractivity contribution in [3.63, 3.8) is 0 Å². The maximum Gasteiger partial charge on any atom is 0.243 e. The van der Waals surface area contributed by atoms with E-state index >= 15 is 0 Å². The predicted octanol–water partition coefficient (Wildman–Crippen LogP) is 3.58. The highest BCUT2D eigenvalue weighted by Gasteiger charge is 2.33. The molecule has 1 N–H and O–H groups in total. The van der Waals surface area contributed by atoms with Gasteiger partial charge < -0.3 is 4.98 Å². The van der Waals surface area contributed by atoms with Gasteiger partial charge in [-0.15, -0.1) is 0 Å². The number of H-pyrrole nitrogens is 1. The molecule has 0 saturated carbocycles. The number of aromatic amines is 1. The van der Waals surface area contributed by atoms with Gasteiger partial charge in [-0.05, 0) is 55.7 Å². The molecule has 0 spiro atoms. The zero-order valence-corrected chi connectivity index (χ0v) is 15.3. The van der Waals surface area contributed by atoms with Gasteiger partial charge in [0.25, 0.3) is 0 Å². The van der Waals surface area contributed by atoms with E-state index in [2.05, 4.69) is 9.97 Å². The minimum Gasteiger partial charge on any atom is -0.342 e. The molecular formula is C19H20FN3O2S. The van der Waals surface area contributed by atoms with Crippen LogP contribution in [0.3, 0.4) is 0 Å². The van der Waals surface area contributed by atoms with Crippen LogP contribution in [-0.2, 0) is 10.0 Å². The van der Waals surface area contributed by atoms with Gasteiger partial charge in [-0.3, -0.25) is 0 Å². The van der Waals surface area contributed by atoms with Crippen molar-refractivity contribution >= 4 is 21.1 Å². The zero-order valence-electron chi connectivity index (χ0n) is 14.4. The smallest absolute Gasteiger partial charge is 0.243 e. The number of nitrogens with one attached hydrogen (secondary N) is 1. The number of rotatable bonds is 3. The van der Waals surface area contributed by atoms with Crippen LogP contribution in [0.25, 0.3) is 11.0 Å². The lowest BCUT2D eigenvalue weighted by Gasteiger charge is -2.31. The van der Waals surface area contributed by atoms with Crippen LogP contribution in [0.2, 0.25) is 0 Å². The number of benzene rings is 2.